The fourth-order valence-corrected chi connectivity index (χ4v) is 4.79. The van der Waals surface area contributed by atoms with Crippen LogP contribution < -0.4 is 5.32 Å². The number of aliphatic carboxylic acids is 1. The molecule has 1 amide bonds. The highest BCUT2D eigenvalue weighted by Gasteiger charge is 2.57. The van der Waals surface area contributed by atoms with Crippen LogP contribution in [0.3, 0.4) is 0 Å². The molecular formula is C22H37NO3. The summed E-state index contributed by atoms with van der Waals surface area (Å²) in [7, 11) is 0. The number of hydrogen-bond donors (Lipinski definition) is 2. The van der Waals surface area contributed by atoms with Crippen molar-refractivity contribution in [2.75, 3.05) is 0 Å². The largest absolute Gasteiger partial charge is 0.481 e. The van der Waals surface area contributed by atoms with Gasteiger partial charge in [-0.1, -0.05) is 32.9 Å². The van der Waals surface area contributed by atoms with Crippen molar-refractivity contribution in [3.63, 3.8) is 0 Å². The third kappa shape index (κ3) is 4.50. The Kier molecular flexibility index (Phi) is 6.57. The molecule has 3 fully saturated rings. The van der Waals surface area contributed by atoms with Gasteiger partial charge in [0.25, 0.3) is 0 Å². The van der Waals surface area contributed by atoms with E-state index in [1.165, 1.54) is 12.8 Å². The molecule has 2 N–H and O–H groups in total. The van der Waals surface area contributed by atoms with Crippen LogP contribution in [0.4, 0.5) is 0 Å². The number of carbonyl (C=O) groups excluding carboxylic acids is 1. The maximum atomic E-state index is 12.2. The molecule has 0 radical (unpaired) electrons. The van der Waals surface area contributed by atoms with Gasteiger partial charge in [-0.05, 0) is 75.5 Å². The van der Waals surface area contributed by atoms with Gasteiger partial charge in [0.2, 0.25) is 5.91 Å². The number of nitrogens with one attached hydrogen (secondary N) is 1. The molecule has 0 heterocycles. The van der Waals surface area contributed by atoms with Crippen molar-refractivity contribution in [1.82, 2.24) is 5.32 Å². The van der Waals surface area contributed by atoms with Crippen LogP contribution in [0.1, 0.15) is 79.6 Å². The topological polar surface area (TPSA) is 66.4 Å². The van der Waals surface area contributed by atoms with E-state index < -0.39 is 11.4 Å². The first-order chi connectivity index (χ1) is 12.1. The van der Waals surface area contributed by atoms with Crippen LogP contribution in [0.2, 0.25) is 0 Å². The second kappa shape index (κ2) is 8.14. The Balaban J connectivity index is 1.91. The predicted octanol–water partition coefficient (Wildman–Crippen LogP) is 4.79. The second-order valence-corrected chi connectivity index (χ2v) is 9.63. The molecule has 0 aromatic rings. The summed E-state index contributed by atoms with van der Waals surface area (Å²) in [6.07, 6.45) is 10.7. The lowest BCUT2D eigenvalue weighted by Crippen LogP contribution is -2.63. The summed E-state index contributed by atoms with van der Waals surface area (Å²) in [6, 6.07) is 0.286. The Bertz CT molecular complexity index is 550. The Morgan fingerprint density at radius 2 is 1.92 bits per heavy atom. The Morgan fingerprint density at radius 3 is 2.50 bits per heavy atom. The average molecular weight is 364 g/mol. The lowest BCUT2D eigenvalue weighted by molar-refractivity contribution is -0.147. The van der Waals surface area contributed by atoms with Crippen molar-refractivity contribution in [1.29, 1.82) is 0 Å². The standard InChI is InChI=1S/C22H37NO3/c1-6-10-18(24)23-19-15(13-16-14-17(19)22(16,4)5)11-8-7-9-12-21(2,3)20(25)26/h7-8,15-17,19H,6,9-14H2,1-5H3,(H,23,24)(H,25,26)/b8-7-/t15-,16-,17-,19?/m0/s1. The number of carbonyl (C=O) groups is 2. The molecule has 148 valence electrons. The van der Waals surface area contributed by atoms with Crippen molar-refractivity contribution in [3.8, 4) is 0 Å². The fraction of sp³-hybridized carbons (Fsp3) is 0.818. The molecular weight excluding hydrogens is 326 g/mol. The van der Waals surface area contributed by atoms with Crippen molar-refractivity contribution in [2.45, 2.75) is 85.6 Å². The summed E-state index contributed by atoms with van der Waals surface area (Å²) in [5.41, 5.74) is -0.326. The molecule has 4 nitrogen and oxygen atoms in total. The van der Waals surface area contributed by atoms with Gasteiger partial charge in [-0.2, -0.15) is 0 Å². The van der Waals surface area contributed by atoms with Crippen LogP contribution in [-0.4, -0.2) is 23.0 Å². The van der Waals surface area contributed by atoms with Crippen molar-refractivity contribution in [3.05, 3.63) is 12.2 Å². The molecule has 2 bridgehead atoms. The van der Waals surface area contributed by atoms with Gasteiger partial charge in [0.05, 0.1) is 5.41 Å². The number of fused-ring (bicyclic) bond motifs is 2. The van der Waals surface area contributed by atoms with Crippen LogP contribution in [-0.2, 0) is 9.59 Å². The SMILES string of the molecule is CCCC(=O)NC1[C@@H](C/C=C\CCC(C)(C)C(=O)O)C[C@H]2C[C@@H]1C2(C)C. The highest BCUT2D eigenvalue weighted by molar-refractivity contribution is 5.76. The number of carboxylic acid groups (broad SMARTS) is 1. The fourth-order valence-electron chi connectivity index (χ4n) is 4.79. The van der Waals surface area contributed by atoms with Gasteiger partial charge in [-0.15, -0.1) is 0 Å². The van der Waals surface area contributed by atoms with E-state index in [1.807, 2.05) is 6.92 Å². The highest BCUT2D eigenvalue weighted by Crippen LogP contribution is 2.61. The monoisotopic (exact) mass is 363 g/mol. The van der Waals surface area contributed by atoms with E-state index in [-0.39, 0.29) is 11.9 Å². The van der Waals surface area contributed by atoms with E-state index in [4.69, 9.17) is 0 Å². The first-order valence-electron chi connectivity index (χ1n) is 10.3. The number of hydrogen-bond acceptors (Lipinski definition) is 2. The molecule has 0 saturated heterocycles. The third-order valence-corrected chi connectivity index (χ3v) is 7.00. The highest BCUT2D eigenvalue weighted by atomic mass is 16.4. The van der Waals surface area contributed by atoms with Crippen molar-refractivity contribution < 1.29 is 14.7 Å². The predicted molar refractivity (Wildman–Crippen MR) is 105 cm³/mol. The van der Waals surface area contributed by atoms with E-state index >= 15 is 0 Å². The summed E-state index contributed by atoms with van der Waals surface area (Å²) >= 11 is 0. The van der Waals surface area contributed by atoms with Gasteiger partial charge in [0, 0.05) is 12.5 Å². The Labute approximate surface area is 158 Å². The molecule has 4 atom stereocenters. The van der Waals surface area contributed by atoms with E-state index in [9.17, 15) is 14.7 Å². The zero-order chi connectivity index (χ0) is 19.5. The minimum absolute atomic E-state index is 0.191. The normalized spacial score (nSPS) is 30.0. The molecule has 0 aromatic carbocycles. The van der Waals surface area contributed by atoms with E-state index in [0.29, 0.717) is 30.1 Å². The smallest absolute Gasteiger partial charge is 0.309 e. The minimum Gasteiger partial charge on any atom is -0.481 e. The van der Waals surface area contributed by atoms with Gasteiger partial charge in [0.1, 0.15) is 0 Å². The summed E-state index contributed by atoms with van der Waals surface area (Å²) in [5, 5.41) is 12.5. The quantitative estimate of drug-likeness (QED) is 0.579. The molecule has 3 saturated carbocycles. The van der Waals surface area contributed by atoms with Crippen LogP contribution in [0.25, 0.3) is 0 Å². The second-order valence-electron chi connectivity index (χ2n) is 9.63. The first kappa shape index (κ1) is 21.0. The summed E-state index contributed by atoms with van der Waals surface area (Å²) < 4.78 is 0. The zero-order valence-electron chi connectivity index (χ0n) is 17.2. The van der Waals surface area contributed by atoms with Gasteiger partial charge in [0.15, 0.2) is 0 Å². The molecule has 0 aliphatic heterocycles. The van der Waals surface area contributed by atoms with Gasteiger partial charge < -0.3 is 10.4 Å². The number of rotatable bonds is 9. The molecule has 0 spiro atoms. The van der Waals surface area contributed by atoms with Crippen molar-refractivity contribution in [2.24, 2.45) is 28.6 Å². The number of amides is 1. The van der Waals surface area contributed by atoms with Crippen molar-refractivity contribution >= 4 is 11.9 Å². The lowest BCUT2D eigenvalue weighted by atomic mass is 9.44. The molecule has 3 rings (SSSR count). The lowest BCUT2D eigenvalue weighted by Gasteiger charge is -2.62. The first-order valence-corrected chi connectivity index (χ1v) is 10.3. The molecule has 4 heteroatoms. The molecule has 3 aliphatic carbocycles. The van der Waals surface area contributed by atoms with Gasteiger partial charge in [-0.25, -0.2) is 0 Å². The minimum atomic E-state index is -0.737. The van der Waals surface area contributed by atoms with Crippen LogP contribution in [0.5, 0.6) is 0 Å². The maximum absolute atomic E-state index is 12.2. The zero-order valence-corrected chi connectivity index (χ0v) is 17.2. The van der Waals surface area contributed by atoms with E-state index in [0.717, 1.165) is 25.2 Å². The molecule has 1 unspecified atom stereocenters. The van der Waals surface area contributed by atoms with Gasteiger partial charge >= 0.3 is 5.97 Å². The molecule has 0 aromatic heterocycles. The summed E-state index contributed by atoms with van der Waals surface area (Å²) in [6.45, 7) is 10.3. The van der Waals surface area contributed by atoms with E-state index in [1.54, 1.807) is 13.8 Å². The summed E-state index contributed by atoms with van der Waals surface area (Å²) in [4.78, 5) is 23.4. The third-order valence-electron chi connectivity index (χ3n) is 7.00. The maximum Gasteiger partial charge on any atom is 0.309 e. The van der Waals surface area contributed by atoms with Gasteiger partial charge in [-0.3, -0.25) is 9.59 Å². The summed E-state index contributed by atoms with van der Waals surface area (Å²) in [5.74, 6) is 1.33. The Morgan fingerprint density at radius 1 is 1.23 bits per heavy atom. The Hall–Kier alpha value is -1.32. The number of allylic oxidation sites excluding steroid dienone is 2. The molecule has 3 aliphatic rings. The van der Waals surface area contributed by atoms with Crippen LogP contribution >= 0.6 is 0 Å². The molecule has 26 heavy (non-hydrogen) atoms. The average Bonchev–Trinajstić information content (AvgIpc) is 2.55. The van der Waals surface area contributed by atoms with Crippen LogP contribution in [0, 0.1) is 28.6 Å². The number of carboxylic acids is 1. The van der Waals surface area contributed by atoms with E-state index in [2.05, 4.69) is 31.3 Å². The van der Waals surface area contributed by atoms with Crippen LogP contribution in [0.15, 0.2) is 12.2 Å².